The molecule has 0 atom stereocenters. The van der Waals surface area contributed by atoms with Gasteiger partial charge in [-0.2, -0.15) is 0 Å². The largest absolute Gasteiger partial charge is 0.468 e. The van der Waals surface area contributed by atoms with Crippen molar-refractivity contribution in [2.45, 2.75) is 13.1 Å². The summed E-state index contributed by atoms with van der Waals surface area (Å²) < 4.78 is 5.36. The van der Waals surface area contributed by atoms with Crippen molar-refractivity contribution in [1.82, 2.24) is 20.1 Å². The molecule has 1 fully saturated rings. The lowest BCUT2D eigenvalue weighted by atomic mass is 10.3. The number of rotatable bonds is 4. The van der Waals surface area contributed by atoms with Gasteiger partial charge in [0.1, 0.15) is 5.76 Å². The Morgan fingerprint density at radius 2 is 2.05 bits per heavy atom. The number of aromatic nitrogens is 1. The second-order valence-electron chi connectivity index (χ2n) is 5.32. The van der Waals surface area contributed by atoms with Gasteiger partial charge in [0.2, 0.25) is 0 Å². The third-order valence-electron chi connectivity index (χ3n) is 3.77. The molecule has 0 radical (unpaired) electrons. The van der Waals surface area contributed by atoms with Crippen LogP contribution in [0.25, 0.3) is 0 Å². The predicted octanol–water partition coefficient (Wildman–Crippen LogP) is 1.70. The van der Waals surface area contributed by atoms with Gasteiger partial charge in [-0.05, 0) is 24.3 Å². The van der Waals surface area contributed by atoms with Gasteiger partial charge in [-0.15, -0.1) is 0 Å². The maximum atomic E-state index is 12.1. The lowest BCUT2D eigenvalue weighted by molar-refractivity contribution is 0.130. The Bertz CT molecular complexity index is 577. The van der Waals surface area contributed by atoms with E-state index in [9.17, 15) is 4.79 Å². The minimum atomic E-state index is -0.0247. The van der Waals surface area contributed by atoms with Crippen molar-refractivity contribution in [2.75, 3.05) is 26.2 Å². The average molecular weight is 300 g/mol. The maximum absolute atomic E-state index is 12.1. The number of amides is 2. The Kier molecular flexibility index (Phi) is 4.70. The molecule has 2 amide bonds. The molecule has 3 heterocycles. The molecule has 6 nitrogen and oxygen atoms in total. The summed E-state index contributed by atoms with van der Waals surface area (Å²) in [6, 6.07) is 9.54. The highest BCUT2D eigenvalue weighted by Crippen LogP contribution is 2.09. The van der Waals surface area contributed by atoms with E-state index in [0.29, 0.717) is 6.54 Å². The van der Waals surface area contributed by atoms with Crippen LogP contribution in [-0.4, -0.2) is 47.0 Å². The summed E-state index contributed by atoms with van der Waals surface area (Å²) in [5, 5.41) is 2.92. The molecule has 1 saturated heterocycles. The van der Waals surface area contributed by atoms with Crippen LogP contribution in [0, 0.1) is 0 Å². The maximum Gasteiger partial charge on any atom is 0.317 e. The monoisotopic (exact) mass is 300 g/mol. The standard InChI is InChI=1S/C16H20N4O2/c21-16(18-12-14-4-1-2-6-17-14)20-9-7-19(8-10-20)13-15-5-3-11-22-15/h1-6,11H,7-10,12-13H2,(H,18,21). The van der Waals surface area contributed by atoms with E-state index in [0.717, 1.165) is 44.2 Å². The van der Waals surface area contributed by atoms with Crippen molar-refractivity contribution in [2.24, 2.45) is 0 Å². The number of nitrogens with zero attached hydrogens (tertiary/aromatic N) is 3. The molecular weight excluding hydrogens is 280 g/mol. The molecular formula is C16H20N4O2. The van der Waals surface area contributed by atoms with Crippen molar-refractivity contribution in [3.05, 3.63) is 54.2 Å². The first-order valence-corrected chi connectivity index (χ1v) is 7.49. The van der Waals surface area contributed by atoms with E-state index in [-0.39, 0.29) is 6.03 Å². The first-order chi connectivity index (χ1) is 10.8. The van der Waals surface area contributed by atoms with Crippen LogP contribution < -0.4 is 5.32 Å². The zero-order chi connectivity index (χ0) is 15.2. The van der Waals surface area contributed by atoms with E-state index in [1.54, 1.807) is 12.5 Å². The molecule has 3 rings (SSSR count). The molecule has 2 aromatic rings. The summed E-state index contributed by atoms with van der Waals surface area (Å²) in [5.41, 5.74) is 0.868. The zero-order valence-corrected chi connectivity index (χ0v) is 12.4. The lowest BCUT2D eigenvalue weighted by Crippen LogP contribution is -2.51. The quantitative estimate of drug-likeness (QED) is 0.933. The highest BCUT2D eigenvalue weighted by molar-refractivity contribution is 5.74. The first kappa shape index (κ1) is 14.6. The summed E-state index contributed by atoms with van der Waals surface area (Å²) in [5.74, 6) is 0.966. The molecule has 1 aliphatic heterocycles. The van der Waals surface area contributed by atoms with Crippen LogP contribution in [0.4, 0.5) is 4.79 Å². The molecule has 1 N–H and O–H groups in total. The van der Waals surface area contributed by atoms with Gasteiger partial charge in [0.05, 0.1) is 25.0 Å². The van der Waals surface area contributed by atoms with Crippen LogP contribution in [0.2, 0.25) is 0 Å². The van der Waals surface area contributed by atoms with E-state index in [1.807, 2.05) is 35.2 Å². The van der Waals surface area contributed by atoms with Crippen LogP contribution in [0.1, 0.15) is 11.5 Å². The van der Waals surface area contributed by atoms with Crippen molar-refractivity contribution in [3.8, 4) is 0 Å². The minimum absolute atomic E-state index is 0.0247. The van der Waals surface area contributed by atoms with Crippen molar-refractivity contribution < 1.29 is 9.21 Å². The predicted molar refractivity (Wildman–Crippen MR) is 82.0 cm³/mol. The normalized spacial score (nSPS) is 15.7. The van der Waals surface area contributed by atoms with Gasteiger partial charge in [0.15, 0.2) is 0 Å². The second kappa shape index (κ2) is 7.09. The van der Waals surface area contributed by atoms with Crippen molar-refractivity contribution >= 4 is 6.03 Å². The van der Waals surface area contributed by atoms with Crippen molar-refractivity contribution in [1.29, 1.82) is 0 Å². The molecule has 6 heteroatoms. The summed E-state index contributed by atoms with van der Waals surface area (Å²) in [6.07, 6.45) is 3.42. The Balaban J connectivity index is 1.42. The topological polar surface area (TPSA) is 61.6 Å². The lowest BCUT2D eigenvalue weighted by Gasteiger charge is -2.34. The summed E-state index contributed by atoms with van der Waals surface area (Å²) in [7, 11) is 0. The molecule has 0 aliphatic carbocycles. The molecule has 0 bridgehead atoms. The van der Waals surface area contributed by atoms with E-state index >= 15 is 0 Å². The number of hydrogen-bond acceptors (Lipinski definition) is 4. The fraction of sp³-hybridized carbons (Fsp3) is 0.375. The molecule has 2 aromatic heterocycles. The zero-order valence-electron chi connectivity index (χ0n) is 12.4. The van der Waals surface area contributed by atoms with Gasteiger partial charge >= 0.3 is 6.03 Å². The Morgan fingerprint density at radius 3 is 2.73 bits per heavy atom. The minimum Gasteiger partial charge on any atom is -0.468 e. The fourth-order valence-corrected chi connectivity index (χ4v) is 2.51. The van der Waals surface area contributed by atoms with E-state index < -0.39 is 0 Å². The van der Waals surface area contributed by atoms with Gasteiger partial charge in [0.25, 0.3) is 0 Å². The molecule has 0 saturated carbocycles. The van der Waals surface area contributed by atoms with E-state index in [4.69, 9.17) is 4.42 Å². The Labute approximate surface area is 129 Å². The van der Waals surface area contributed by atoms with Gasteiger partial charge in [-0.25, -0.2) is 4.79 Å². The summed E-state index contributed by atoms with van der Waals surface area (Å²) >= 11 is 0. The number of furan rings is 1. The van der Waals surface area contributed by atoms with Gasteiger partial charge in [0, 0.05) is 32.4 Å². The molecule has 22 heavy (non-hydrogen) atoms. The third kappa shape index (κ3) is 3.85. The fourth-order valence-electron chi connectivity index (χ4n) is 2.51. The van der Waals surface area contributed by atoms with Crippen LogP contribution in [0.5, 0.6) is 0 Å². The average Bonchev–Trinajstić information content (AvgIpc) is 3.07. The third-order valence-corrected chi connectivity index (χ3v) is 3.77. The van der Waals surface area contributed by atoms with Crippen molar-refractivity contribution in [3.63, 3.8) is 0 Å². The highest BCUT2D eigenvalue weighted by atomic mass is 16.3. The molecule has 116 valence electrons. The molecule has 0 spiro atoms. The van der Waals surface area contributed by atoms with Crippen LogP contribution in [-0.2, 0) is 13.1 Å². The Hall–Kier alpha value is -2.34. The second-order valence-corrected chi connectivity index (χ2v) is 5.32. The van der Waals surface area contributed by atoms with Crippen LogP contribution >= 0.6 is 0 Å². The summed E-state index contributed by atoms with van der Waals surface area (Å²) in [6.45, 7) is 4.45. The highest BCUT2D eigenvalue weighted by Gasteiger charge is 2.21. The molecule has 0 aromatic carbocycles. The number of nitrogens with one attached hydrogen (secondary N) is 1. The number of hydrogen-bond donors (Lipinski definition) is 1. The summed E-state index contributed by atoms with van der Waals surface area (Å²) in [4.78, 5) is 20.5. The molecule has 1 aliphatic rings. The smallest absolute Gasteiger partial charge is 0.317 e. The van der Waals surface area contributed by atoms with Crippen LogP contribution in [0.15, 0.2) is 47.2 Å². The first-order valence-electron chi connectivity index (χ1n) is 7.49. The number of carbonyl (C=O) groups excluding carboxylic acids is 1. The van der Waals surface area contributed by atoms with Gasteiger partial charge < -0.3 is 14.6 Å². The van der Waals surface area contributed by atoms with Gasteiger partial charge in [-0.3, -0.25) is 9.88 Å². The SMILES string of the molecule is O=C(NCc1ccccn1)N1CCN(Cc2ccco2)CC1. The Morgan fingerprint density at radius 1 is 1.18 bits per heavy atom. The van der Waals surface area contributed by atoms with E-state index in [1.165, 1.54) is 0 Å². The van der Waals surface area contributed by atoms with E-state index in [2.05, 4.69) is 15.2 Å². The molecule has 0 unspecified atom stereocenters. The number of carbonyl (C=O) groups is 1. The number of piperazine rings is 1. The number of urea groups is 1. The van der Waals surface area contributed by atoms with Gasteiger partial charge in [-0.1, -0.05) is 6.07 Å². The number of pyridine rings is 1. The van der Waals surface area contributed by atoms with Crippen LogP contribution in [0.3, 0.4) is 0 Å².